The van der Waals surface area contributed by atoms with Crippen LogP contribution in [0.15, 0.2) is 24.3 Å². The Morgan fingerprint density at radius 2 is 2.14 bits per heavy atom. The van der Waals surface area contributed by atoms with Gasteiger partial charge >= 0.3 is 5.97 Å². The molecule has 0 aliphatic heterocycles. The van der Waals surface area contributed by atoms with E-state index in [1.165, 1.54) is 25.7 Å². The number of benzene rings is 1. The predicted octanol–water partition coefficient (Wildman–Crippen LogP) is 3.03. The number of carboxylic acids is 1. The van der Waals surface area contributed by atoms with Gasteiger partial charge in [0.1, 0.15) is 12.4 Å². The van der Waals surface area contributed by atoms with E-state index in [0.29, 0.717) is 18.4 Å². The Morgan fingerprint density at radius 3 is 2.81 bits per heavy atom. The summed E-state index contributed by atoms with van der Waals surface area (Å²) >= 11 is 1.98. The van der Waals surface area contributed by atoms with Crippen molar-refractivity contribution in [1.29, 1.82) is 0 Å². The first-order valence-corrected chi connectivity index (χ1v) is 8.70. The summed E-state index contributed by atoms with van der Waals surface area (Å²) in [6.07, 6.45) is 7.25. The third kappa shape index (κ3) is 5.25. The van der Waals surface area contributed by atoms with Gasteiger partial charge in [0.25, 0.3) is 0 Å². The SMILES string of the molecule is CSC1CCC(NCCOc2cccc(C(=O)O)c2)CC1. The van der Waals surface area contributed by atoms with E-state index in [1.807, 2.05) is 11.8 Å². The number of hydrogen-bond donors (Lipinski definition) is 2. The number of aromatic carboxylic acids is 1. The van der Waals surface area contributed by atoms with Crippen molar-refractivity contribution in [1.82, 2.24) is 5.32 Å². The lowest BCUT2D eigenvalue weighted by molar-refractivity contribution is 0.0696. The highest BCUT2D eigenvalue weighted by atomic mass is 32.2. The van der Waals surface area contributed by atoms with Crippen molar-refractivity contribution in [2.24, 2.45) is 0 Å². The van der Waals surface area contributed by atoms with E-state index in [9.17, 15) is 4.79 Å². The number of thioether (sulfide) groups is 1. The fraction of sp³-hybridized carbons (Fsp3) is 0.562. The van der Waals surface area contributed by atoms with Gasteiger partial charge in [-0.1, -0.05) is 6.07 Å². The van der Waals surface area contributed by atoms with Gasteiger partial charge in [0.2, 0.25) is 0 Å². The highest BCUT2D eigenvalue weighted by molar-refractivity contribution is 7.99. The van der Waals surface area contributed by atoms with E-state index in [1.54, 1.807) is 24.3 Å². The van der Waals surface area contributed by atoms with Crippen molar-refractivity contribution in [2.75, 3.05) is 19.4 Å². The van der Waals surface area contributed by atoms with Gasteiger partial charge in [-0.25, -0.2) is 4.79 Å². The van der Waals surface area contributed by atoms with Crippen molar-refractivity contribution < 1.29 is 14.6 Å². The quantitative estimate of drug-likeness (QED) is 0.758. The molecule has 2 N–H and O–H groups in total. The van der Waals surface area contributed by atoms with Gasteiger partial charge in [0.05, 0.1) is 5.56 Å². The van der Waals surface area contributed by atoms with Crippen LogP contribution in [-0.2, 0) is 0 Å². The number of ether oxygens (including phenoxy) is 1. The maximum absolute atomic E-state index is 10.9. The van der Waals surface area contributed by atoms with Crippen LogP contribution in [0.3, 0.4) is 0 Å². The van der Waals surface area contributed by atoms with E-state index in [2.05, 4.69) is 11.6 Å². The third-order valence-corrected chi connectivity index (χ3v) is 5.03. The second-order valence-electron chi connectivity index (χ2n) is 5.34. The first-order chi connectivity index (χ1) is 10.2. The lowest BCUT2D eigenvalue weighted by atomic mass is 9.95. The minimum Gasteiger partial charge on any atom is -0.492 e. The topological polar surface area (TPSA) is 58.6 Å². The molecule has 1 aliphatic carbocycles. The van der Waals surface area contributed by atoms with Crippen molar-refractivity contribution >= 4 is 17.7 Å². The summed E-state index contributed by atoms with van der Waals surface area (Å²) in [4.78, 5) is 10.9. The molecule has 4 nitrogen and oxygen atoms in total. The summed E-state index contributed by atoms with van der Waals surface area (Å²) in [6, 6.07) is 7.22. The molecular weight excluding hydrogens is 286 g/mol. The van der Waals surface area contributed by atoms with Gasteiger partial charge in [-0.15, -0.1) is 0 Å². The highest BCUT2D eigenvalue weighted by Crippen LogP contribution is 2.26. The van der Waals surface area contributed by atoms with Gasteiger partial charge < -0.3 is 15.2 Å². The molecule has 0 unspecified atom stereocenters. The second kappa shape index (κ2) is 8.29. The zero-order valence-corrected chi connectivity index (χ0v) is 13.2. The van der Waals surface area contributed by atoms with E-state index < -0.39 is 5.97 Å². The van der Waals surface area contributed by atoms with E-state index in [-0.39, 0.29) is 5.56 Å². The predicted molar refractivity (Wildman–Crippen MR) is 86.5 cm³/mol. The molecule has 0 heterocycles. The molecule has 0 radical (unpaired) electrons. The molecule has 0 saturated heterocycles. The molecule has 116 valence electrons. The first-order valence-electron chi connectivity index (χ1n) is 7.41. The Bertz CT molecular complexity index is 459. The average Bonchev–Trinajstić information content (AvgIpc) is 2.52. The molecule has 0 amide bonds. The molecule has 0 bridgehead atoms. The number of rotatable bonds is 7. The number of hydrogen-bond acceptors (Lipinski definition) is 4. The van der Waals surface area contributed by atoms with E-state index in [0.717, 1.165) is 11.8 Å². The van der Waals surface area contributed by atoms with Crippen molar-refractivity contribution in [2.45, 2.75) is 37.0 Å². The molecule has 1 aliphatic rings. The summed E-state index contributed by atoms with van der Waals surface area (Å²) in [6.45, 7) is 1.36. The fourth-order valence-electron chi connectivity index (χ4n) is 2.65. The molecule has 1 aromatic rings. The molecule has 1 fully saturated rings. The normalized spacial score (nSPS) is 22.0. The van der Waals surface area contributed by atoms with Crippen LogP contribution in [-0.4, -0.2) is 41.8 Å². The minimum atomic E-state index is -0.927. The summed E-state index contributed by atoms with van der Waals surface area (Å²) < 4.78 is 5.60. The Hall–Kier alpha value is -1.20. The van der Waals surface area contributed by atoms with Crippen molar-refractivity contribution in [3.63, 3.8) is 0 Å². The summed E-state index contributed by atoms with van der Waals surface area (Å²) in [7, 11) is 0. The average molecular weight is 309 g/mol. The van der Waals surface area contributed by atoms with Crippen LogP contribution in [0.4, 0.5) is 0 Å². The molecule has 0 spiro atoms. The van der Waals surface area contributed by atoms with Crippen LogP contribution in [0, 0.1) is 0 Å². The number of carboxylic acid groups (broad SMARTS) is 1. The zero-order valence-electron chi connectivity index (χ0n) is 12.4. The molecular formula is C16H23NO3S. The third-order valence-electron chi connectivity index (χ3n) is 3.89. The highest BCUT2D eigenvalue weighted by Gasteiger charge is 2.19. The molecule has 5 heteroatoms. The van der Waals surface area contributed by atoms with Crippen LogP contribution >= 0.6 is 11.8 Å². The molecule has 1 saturated carbocycles. The minimum absolute atomic E-state index is 0.260. The van der Waals surface area contributed by atoms with Crippen molar-refractivity contribution in [3.05, 3.63) is 29.8 Å². The summed E-state index contributed by atoms with van der Waals surface area (Å²) in [5.74, 6) is -0.313. The lowest BCUT2D eigenvalue weighted by Gasteiger charge is -2.28. The number of carbonyl (C=O) groups is 1. The van der Waals surface area contributed by atoms with E-state index in [4.69, 9.17) is 9.84 Å². The maximum atomic E-state index is 10.9. The van der Waals surface area contributed by atoms with Gasteiger partial charge in [0.15, 0.2) is 0 Å². The Labute approximate surface area is 130 Å². The fourth-order valence-corrected chi connectivity index (χ4v) is 3.40. The molecule has 0 aromatic heterocycles. The zero-order chi connectivity index (χ0) is 15.1. The first kappa shape index (κ1) is 16.2. The van der Waals surface area contributed by atoms with Gasteiger partial charge in [-0.3, -0.25) is 0 Å². The molecule has 0 atom stereocenters. The van der Waals surface area contributed by atoms with Gasteiger partial charge in [-0.05, 0) is 50.1 Å². The van der Waals surface area contributed by atoms with E-state index >= 15 is 0 Å². The van der Waals surface area contributed by atoms with Crippen LogP contribution in [0.2, 0.25) is 0 Å². The summed E-state index contributed by atoms with van der Waals surface area (Å²) in [5.41, 5.74) is 0.260. The van der Waals surface area contributed by atoms with Gasteiger partial charge in [0, 0.05) is 17.8 Å². The molecule has 21 heavy (non-hydrogen) atoms. The maximum Gasteiger partial charge on any atom is 0.335 e. The largest absolute Gasteiger partial charge is 0.492 e. The van der Waals surface area contributed by atoms with Crippen molar-refractivity contribution in [3.8, 4) is 5.75 Å². The lowest BCUT2D eigenvalue weighted by Crippen LogP contribution is -2.36. The summed E-state index contributed by atoms with van der Waals surface area (Å²) in [5, 5.41) is 13.3. The Kier molecular flexibility index (Phi) is 6.39. The van der Waals surface area contributed by atoms with Crippen LogP contribution in [0.1, 0.15) is 36.0 Å². The Balaban J connectivity index is 1.66. The van der Waals surface area contributed by atoms with Crippen LogP contribution < -0.4 is 10.1 Å². The molecule has 1 aromatic carbocycles. The Morgan fingerprint density at radius 1 is 1.38 bits per heavy atom. The van der Waals surface area contributed by atoms with Crippen LogP contribution in [0.5, 0.6) is 5.75 Å². The molecule has 2 rings (SSSR count). The van der Waals surface area contributed by atoms with Gasteiger partial charge in [-0.2, -0.15) is 11.8 Å². The second-order valence-corrected chi connectivity index (χ2v) is 6.48. The smallest absolute Gasteiger partial charge is 0.335 e. The van der Waals surface area contributed by atoms with Crippen LogP contribution in [0.25, 0.3) is 0 Å². The number of nitrogens with one attached hydrogen (secondary N) is 1. The standard InChI is InChI=1S/C16H23NO3S/c1-21-15-7-5-13(6-8-15)17-9-10-20-14-4-2-3-12(11-14)16(18)19/h2-4,11,13,15,17H,5-10H2,1H3,(H,18,19). The monoisotopic (exact) mass is 309 g/mol.